The fourth-order valence-corrected chi connectivity index (χ4v) is 5.62. The Morgan fingerprint density at radius 2 is 0.763 bits per heavy atom. The molecular formula is C35H35N3. The Bertz CT molecular complexity index is 1410. The van der Waals surface area contributed by atoms with E-state index in [1.165, 1.54) is 44.8 Å². The molecule has 5 rings (SSSR count). The molecule has 3 nitrogen and oxygen atoms in total. The van der Waals surface area contributed by atoms with E-state index in [4.69, 9.17) is 4.98 Å². The third-order valence-electron chi connectivity index (χ3n) is 6.92. The van der Waals surface area contributed by atoms with Gasteiger partial charge in [0, 0.05) is 11.4 Å². The number of para-hydroxylation sites is 2. The monoisotopic (exact) mass is 497 g/mol. The highest BCUT2D eigenvalue weighted by Crippen LogP contribution is 2.42. The third-order valence-corrected chi connectivity index (χ3v) is 6.92. The molecule has 3 heteroatoms. The van der Waals surface area contributed by atoms with Gasteiger partial charge in [-0.3, -0.25) is 9.80 Å². The van der Waals surface area contributed by atoms with Gasteiger partial charge in [0.2, 0.25) is 0 Å². The number of benzene rings is 4. The van der Waals surface area contributed by atoms with E-state index >= 15 is 0 Å². The molecule has 0 atom stereocenters. The molecule has 0 saturated heterocycles. The van der Waals surface area contributed by atoms with Crippen molar-refractivity contribution in [1.82, 2.24) is 4.98 Å². The van der Waals surface area contributed by atoms with Gasteiger partial charge < -0.3 is 0 Å². The number of pyridine rings is 1. The maximum Gasteiger partial charge on any atom is 0.140 e. The number of aromatic nitrogens is 1. The van der Waals surface area contributed by atoms with Crippen LogP contribution < -0.4 is 9.80 Å². The lowest BCUT2D eigenvalue weighted by Crippen LogP contribution is -2.18. The third kappa shape index (κ3) is 4.92. The van der Waals surface area contributed by atoms with E-state index in [0.29, 0.717) is 0 Å². The maximum atomic E-state index is 5.34. The lowest BCUT2D eigenvalue weighted by molar-refractivity contribution is 1.10. The normalized spacial score (nSPS) is 10.9. The second-order valence-electron chi connectivity index (χ2n) is 10.2. The molecular weight excluding hydrogens is 462 g/mol. The molecule has 0 radical (unpaired) electrons. The number of nitrogens with zero attached hydrogens (tertiary/aromatic N) is 3. The Hall–Kier alpha value is -4.37. The van der Waals surface area contributed by atoms with Crippen LogP contribution in [0.25, 0.3) is 0 Å². The highest BCUT2D eigenvalue weighted by atomic mass is 15.3. The highest BCUT2D eigenvalue weighted by Gasteiger charge is 2.22. The van der Waals surface area contributed by atoms with Gasteiger partial charge in [-0.05, 0) is 100 Å². The zero-order chi connectivity index (χ0) is 26.8. The topological polar surface area (TPSA) is 19.4 Å². The molecule has 0 N–H and O–H groups in total. The molecule has 0 amide bonds. The minimum atomic E-state index is 0.882. The van der Waals surface area contributed by atoms with Crippen molar-refractivity contribution < 1.29 is 0 Å². The summed E-state index contributed by atoms with van der Waals surface area (Å²) in [5.41, 5.74) is 11.9. The van der Waals surface area contributed by atoms with Crippen LogP contribution in [-0.2, 0) is 0 Å². The summed E-state index contributed by atoms with van der Waals surface area (Å²) < 4.78 is 0. The van der Waals surface area contributed by atoms with Crippen molar-refractivity contribution in [2.75, 3.05) is 9.80 Å². The van der Waals surface area contributed by atoms with E-state index in [9.17, 15) is 0 Å². The summed E-state index contributed by atoms with van der Waals surface area (Å²) in [6, 6.07) is 36.4. The Labute approximate surface area is 227 Å². The lowest BCUT2D eigenvalue weighted by atomic mass is 10.0. The first-order valence-electron chi connectivity index (χ1n) is 13.2. The van der Waals surface area contributed by atoms with Crippen molar-refractivity contribution in [2.24, 2.45) is 0 Å². The molecule has 38 heavy (non-hydrogen) atoms. The molecule has 1 aromatic heterocycles. The summed E-state index contributed by atoms with van der Waals surface area (Å²) in [7, 11) is 0. The molecule has 0 aliphatic rings. The minimum Gasteiger partial charge on any atom is -0.294 e. The summed E-state index contributed by atoms with van der Waals surface area (Å²) in [6.07, 6.45) is 0. The maximum absolute atomic E-state index is 5.34. The number of hydrogen-bond donors (Lipinski definition) is 0. The van der Waals surface area contributed by atoms with Gasteiger partial charge in [-0.25, -0.2) is 4.98 Å². The van der Waals surface area contributed by atoms with E-state index in [1.54, 1.807) is 0 Å². The Balaban J connectivity index is 1.74. The first-order valence-corrected chi connectivity index (χ1v) is 13.2. The van der Waals surface area contributed by atoms with Crippen LogP contribution in [0.1, 0.15) is 33.4 Å². The van der Waals surface area contributed by atoms with Crippen molar-refractivity contribution in [3.63, 3.8) is 0 Å². The van der Waals surface area contributed by atoms with Crippen LogP contribution in [-0.4, -0.2) is 4.98 Å². The SMILES string of the molecule is Cc1cc(C)c(N(c2ccccc2)c2cccc(N(c3ccccc3)c3c(C)cc(C)cc3C)n2)c(C)c1. The summed E-state index contributed by atoms with van der Waals surface area (Å²) in [5.74, 6) is 1.76. The minimum absolute atomic E-state index is 0.882. The fraction of sp³-hybridized carbons (Fsp3) is 0.171. The predicted molar refractivity (Wildman–Crippen MR) is 162 cm³/mol. The van der Waals surface area contributed by atoms with Crippen LogP contribution in [0.3, 0.4) is 0 Å². The number of aryl methyl sites for hydroxylation is 6. The van der Waals surface area contributed by atoms with E-state index < -0.39 is 0 Å². The van der Waals surface area contributed by atoms with E-state index in [0.717, 1.165) is 23.0 Å². The molecule has 0 unspecified atom stereocenters. The van der Waals surface area contributed by atoms with Gasteiger partial charge in [0.25, 0.3) is 0 Å². The molecule has 0 saturated carbocycles. The molecule has 1 heterocycles. The second-order valence-corrected chi connectivity index (χ2v) is 10.2. The Kier molecular flexibility index (Phi) is 7.02. The highest BCUT2D eigenvalue weighted by molar-refractivity contribution is 5.82. The van der Waals surface area contributed by atoms with Gasteiger partial charge in [0.1, 0.15) is 11.6 Å². The second kappa shape index (κ2) is 10.5. The van der Waals surface area contributed by atoms with Crippen molar-refractivity contribution in [2.45, 2.75) is 41.5 Å². The van der Waals surface area contributed by atoms with Crippen LogP contribution in [0.15, 0.2) is 103 Å². The predicted octanol–water partition coefficient (Wildman–Crippen LogP) is 9.87. The van der Waals surface area contributed by atoms with Crippen molar-refractivity contribution in [3.8, 4) is 0 Å². The molecule has 0 aliphatic heterocycles. The molecule has 0 spiro atoms. The van der Waals surface area contributed by atoms with Crippen LogP contribution in [0.5, 0.6) is 0 Å². The van der Waals surface area contributed by atoms with Gasteiger partial charge in [0.05, 0.1) is 11.4 Å². The molecule has 5 aromatic rings. The van der Waals surface area contributed by atoms with Crippen LogP contribution >= 0.6 is 0 Å². The zero-order valence-corrected chi connectivity index (χ0v) is 23.2. The van der Waals surface area contributed by atoms with Crippen LogP contribution in [0.2, 0.25) is 0 Å². The van der Waals surface area contributed by atoms with Crippen molar-refractivity contribution in [3.05, 3.63) is 137 Å². The van der Waals surface area contributed by atoms with Gasteiger partial charge >= 0.3 is 0 Å². The van der Waals surface area contributed by atoms with Gasteiger partial charge in [0.15, 0.2) is 0 Å². The number of rotatable bonds is 6. The average Bonchev–Trinajstić information content (AvgIpc) is 2.89. The standard InChI is InChI=1S/C35H35N3/c1-24-20-26(3)34(27(4)21-24)37(30-14-9-7-10-15-30)32-18-13-19-33(36-32)38(31-16-11-8-12-17-31)35-28(5)22-25(2)23-29(35)6/h7-23H,1-6H3. The summed E-state index contributed by atoms with van der Waals surface area (Å²) in [4.78, 5) is 9.91. The van der Waals surface area contributed by atoms with Gasteiger partial charge in [-0.15, -0.1) is 0 Å². The summed E-state index contributed by atoms with van der Waals surface area (Å²) in [5, 5.41) is 0. The Morgan fingerprint density at radius 1 is 0.421 bits per heavy atom. The van der Waals surface area contributed by atoms with Gasteiger partial charge in [-0.2, -0.15) is 0 Å². The largest absolute Gasteiger partial charge is 0.294 e. The first kappa shape index (κ1) is 25.3. The van der Waals surface area contributed by atoms with Crippen molar-refractivity contribution in [1.29, 1.82) is 0 Å². The van der Waals surface area contributed by atoms with Crippen LogP contribution in [0.4, 0.5) is 34.4 Å². The molecule has 4 aromatic carbocycles. The molecule has 0 aliphatic carbocycles. The average molecular weight is 498 g/mol. The van der Waals surface area contributed by atoms with E-state index in [2.05, 4.69) is 154 Å². The van der Waals surface area contributed by atoms with E-state index in [1.807, 2.05) is 0 Å². The molecule has 0 fully saturated rings. The zero-order valence-electron chi connectivity index (χ0n) is 23.2. The smallest absolute Gasteiger partial charge is 0.140 e. The summed E-state index contributed by atoms with van der Waals surface area (Å²) in [6.45, 7) is 13.0. The molecule has 190 valence electrons. The number of anilines is 6. The first-order chi connectivity index (χ1) is 18.3. The summed E-state index contributed by atoms with van der Waals surface area (Å²) >= 11 is 0. The fourth-order valence-electron chi connectivity index (χ4n) is 5.62. The van der Waals surface area contributed by atoms with Crippen LogP contribution in [0, 0.1) is 41.5 Å². The quantitative estimate of drug-likeness (QED) is 0.233. The Morgan fingerprint density at radius 3 is 1.11 bits per heavy atom. The molecule has 0 bridgehead atoms. The van der Waals surface area contributed by atoms with E-state index in [-0.39, 0.29) is 0 Å². The van der Waals surface area contributed by atoms with Gasteiger partial charge in [-0.1, -0.05) is 77.9 Å². The van der Waals surface area contributed by atoms with Crippen molar-refractivity contribution >= 4 is 34.4 Å². The lowest BCUT2D eigenvalue weighted by Gasteiger charge is -2.31. The number of hydrogen-bond acceptors (Lipinski definition) is 3.